The highest BCUT2D eigenvalue weighted by molar-refractivity contribution is 6.33. The Bertz CT molecular complexity index is 2520. The minimum absolute atomic E-state index is 0.0144. The van der Waals surface area contributed by atoms with Gasteiger partial charge in [-0.15, -0.1) is 0 Å². The highest BCUT2D eigenvalue weighted by Crippen LogP contribution is 2.36. The van der Waals surface area contributed by atoms with E-state index < -0.39 is 24.5 Å². The van der Waals surface area contributed by atoms with Crippen LogP contribution in [0.2, 0.25) is 5.02 Å². The number of fused-ring (bicyclic) bond motifs is 2. The summed E-state index contributed by atoms with van der Waals surface area (Å²) in [4.78, 5) is 73.6. The van der Waals surface area contributed by atoms with E-state index in [0.29, 0.717) is 62.0 Å². The molecule has 0 radical (unpaired) electrons. The lowest BCUT2D eigenvalue weighted by molar-refractivity contribution is -0.161. The number of ether oxygens (including phenoxy) is 2. The normalized spacial score (nSPS) is 19.4. The summed E-state index contributed by atoms with van der Waals surface area (Å²) in [5.41, 5.74) is 2.44. The highest BCUT2D eigenvalue weighted by atomic mass is 35.5. The van der Waals surface area contributed by atoms with Crippen molar-refractivity contribution in [2.75, 3.05) is 50.1 Å². The zero-order valence-electron chi connectivity index (χ0n) is 36.8. The maximum atomic E-state index is 15.1. The molecule has 2 aromatic heterocycles. The first-order chi connectivity index (χ1) is 31.2. The van der Waals surface area contributed by atoms with Crippen LogP contribution in [0.25, 0.3) is 10.9 Å². The van der Waals surface area contributed by atoms with Gasteiger partial charge < -0.3 is 34.5 Å². The molecular formula is C46H55ClFN9O8. The van der Waals surface area contributed by atoms with Crippen LogP contribution < -0.4 is 31.1 Å². The van der Waals surface area contributed by atoms with Crippen LogP contribution in [-0.4, -0.2) is 111 Å². The average molecular weight is 916 g/mol. The van der Waals surface area contributed by atoms with Crippen molar-refractivity contribution in [3.63, 3.8) is 0 Å². The SMILES string of the molecule is CC(C)n1c(=O)c(OCC(=O)N(C)O)cc2cc(Nc3nc(N4CCC(OC5CCC5)CC4)ncc3Cl)ccc21.O=C1CCC(N2Cc3c(ccc(C4CCNCC4)c3F)C2=O)C(=O)N1. The van der Waals surface area contributed by atoms with Gasteiger partial charge in [0.15, 0.2) is 18.2 Å². The monoisotopic (exact) mass is 915 g/mol. The van der Waals surface area contributed by atoms with Crippen LogP contribution in [0.1, 0.15) is 105 Å². The number of nitrogens with zero attached hydrogens (tertiary/aromatic N) is 6. The first kappa shape index (κ1) is 45.9. The number of amides is 4. The number of hydroxylamine groups is 2. The van der Waals surface area contributed by atoms with Crippen molar-refractivity contribution in [3.8, 4) is 5.75 Å². The Morgan fingerprint density at radius 3 is 2.43 bits per heavy atom. The minimum atomic E-state index is -0.709. The lowest BCUT2D eigenvalue weighted by Gasteiger charge is -2.36. The van der Waals surface area contributed by atoms with E-state index >= 15 is 4.39 Å². The van der Waals surface area contributed by atoms with Crippen LogP contribution in [0.5, 0.6) is 5.75 Å². The van der Waals surface area contributed by atoms with Gasteiger partial charge in [0.25, 0.3) is 17.4 Å². The molecule has 1 atom stereocenters. The number of aromatic nitrogens is 3. The van der Waals surface area contributed by atoms with Crippen molar-refractivity contribution in [2.45, 2.75) is 108 Å². The van der Waals surface area contributed by atoms with Gasteiger partial charge in [0.1, 0.15) is 16.9 Å². The van der Waals surface area contributed by atoms with E-state index in [0.717, 1.165) is 57.2 Å². The second kappa shape index (κ2) is 19.8. The Kier molecular flexibility index (Phi) is 14.0. The summed E-state index contributed by atoms with van der Waals surface area (Å²) in [6.07, 6.45) is 10.1. The fourth-order valence-electron chi connectivity index (χ4n) is 9.02. The molecule has 4 N–H and O–H groups in total. The average Bonchev–Trinajstić information content (AvgIpc) is 3.61. The Labute approximate surface area is 380 Å². The number of hydrogen-bond acceptors (Lipinski definition) is 13. The smallest absolute Gasteiger partial charge is 0.293 e. The number of benzene rings is 2. The van der Waals surface area contributed by atoms with Gasteiger partial charge in [-0.2, -0.15) is 4.98 Å². The maximum Gasteiger partial charge on any atom is 0.293 e. The molecule has 0 bridgehead atoms. The van der Waals surface area contributed by atoms with Gasteiger partial charge in [-0.3, -0.25) is 34.5 Å². The van der Waals surface area contributed by atoms with Crippen LogP contribution in [0.4, 0.5) is 21.8 Å². The molecular weight excluding hydrogens is 861 g/mol. The molecule has 1 saturated carbocycles. The first-order valence-corrected chi connectivity index (χ1v) is 22.8. The van der Waals surface area contributed by atoms with E-state index in [1.807, 2.05) is 32.0 Å². The number of pyridine rings is 1. The molecule has 0 spiro atoms. The largest absolute Gasteiger partial charge is 0.478 e. The molecule has 3 saturated heterocycles. The number of rotatable bonds is 11. The van der Waals surface area contributed by atoms with Gasteiger partial charge in [-0.25, -0.2) is 14.4 Å². The summed E-state index contributed by atoms with van der Waals surface area (Å²) < 4.78 is 28.4. The van der Waals surface area contributed by atoms with Crippen LogP contribution in [0, 0.1) is 5.82 Å². The van der Waals surface area contributed by atoms with Crippen LogP contribution >= 0.6 is 11.6 Å². The van der Waals surface area contributed by atoms with Crippen molar-refractivity contribution in [3.05, 3.63) is 80.5 Å². The predicted molar refractivity (Wildman–Crippen MR) is 240 cm³/mol. The summed E-state index contributed by atoms with van der Waals surface area (Å²) in [6, 6.07) is 9.69. The summed E-state index contributed by atoms with van der Waals surface area (Å²) in [5.74, 6) is -0.863. The lowest BCUT2D eigenvalue weighted by atomic mass is 9.88. The van der Waals surface area contributed by atoms with Crippen molar-refractivity contribution in [1.82, 2.24) is 35.1 Å². The fraction of sp³-hybridized carbons (Fsp3) is 0.500. The second-order valence-electron chi connectivity index (χ2n) is 17.5. The zero-order chi connectivity index (χ0) is 45.9. The van der Waals surface area contributed by atoms with Crippen LogP contribution in [0.3, 0.4) is 0 Å². The Balaban J connectivity index is 0.000000197. The molecule has 4 aromatic rings. The number of anilines is 3. The molecule has 17 nitrogen and oxygen atoms in total. The van der Waals surface area contributed by atoms with E-state index in [9.17, 15) is 29.2 Å². The quantitative estimate of drug-likeness (QED) is 0.0826. The molecule has 65 heavy (non-hydrogen) atoms. The number of carbonyl (C=O) groups excluding carboxylic acids is 4. The molecule has 4 fully saturated rings. The molecule has 9 rings (SSSR count). The van der Waals surface area contributed by atoms with Crippen LogP contribution in [0.15, 0.2) is 47.4 Å². The third kappa shape index (κ3) is 10.1. The minimum Gasteiger partial charge on any atom is -0.478 e. The zero-order valence-corrected chi connectivity index (χ0v) is 37.5. The molecule has 1 unspecified atom stereocenters. The Hall–Kier alpha value is -5.69. The van der Waals surface area contributed by atoms with Crippen LogP contribution in [-0.2, 0) is 25.7 Å². The number of halogens is 2. The molecule has 346 valence electrons. The van der Waals surface area contributed by atoms with Crippen molar-refractivity contribution < 1.29 is 38.2 Å². The standard InChI is InChI=1S/C28H35ClN6O5.C18H20FN3O3/c1-17(2)35-23-8-7-19(13-18(23)14-24(27(35)37)39-16-25(36)33(3)38)31-26-22(29)15-30-28(32-26)34-11-9-21(10-12-34)40-20-5-4-6-20;19-16-11(10-5-7-20-8-6-10)1-2-12-13(16)9-22(18(12)25)14-3-4-15(23)21-17(14)24/h7-8,13-15,17,20-21,38H,4-6,9-12,16H2,1-3H3,(H,30,31,32);1-2,10,14,20H,3-9H2,(H,21,23,24). The van der Waals surface area contributed by atoms with Gasteiger partial charge in [0.2, 0.25) is 17.8 Å². The topological polar surface area (TPSA) is 201 Å². The van der Waals surface area contributed by atoms with Crippen molar-refractivity contribution in [2.24, 2.45) is 0 Å². The third-order valence-electron chi connectivity index (χ3n) is 12.8. The maximum absolute atomic E-state index is 15.1. The first-order valence-electron chi connectivity index (χ1n) is 22.4. The fourth-order valence-corrected chi connectivity index (χ4v) is 9.16. The second-order valence-corrected chi connectivity index (χ2v) is 18.0. The van der Waals surface area contributed by atoms with Gasteiger partial charge in [0.05, 0.1) is 30.5 Å². The van der Waals surface area contributed by atoms with E-state index in [2.05, 4.69) is 25.8 Å². The molecule has 6 heterocycles. The summed E-state index contributed by atoms with van der Waals surface area (Å²) in [5, 5.41) is 19.7. The third-order valence-corrected chi connectivity index (χ3v) is 13.1. The molecule has 5 aliphatic rings. The predicted octanol–water partition coefficient (Wildman–Crippen LogP) is 5.59. The number of carbonyl (C=O) groups is 4. The van der Waals surface area contributed by atoms with E-state index in [-0.39, 0.29) is 60.3 Å². The molecule has 4 amide bonds. The summed E-state index contributed by atoms with van der Waals surface area (Å²) in [6.45, 7) is 6.78. The van der Waals surface area contributed by atoms with Gasteiger partial charge in [-0.05, 0) is 120 Å². The lowest BCUT2D eigenvalue weighted by Crippen LogP contribution is -2.52. The molecule has 1 aliphatic carbocycles. The molecule has 2 aromatic carbocycles. The summed E-state index contributed by atoms with van der Waals surface area (Å²) in [7, 11) is 1.20. The number of likely N-dealkylation sites (N-methyl/N-ethyl adjacent to an activating group) is 1. The van der Waals surface area contributed by atoms with Gasteiger partial charge in [-0.1, -0.05) is 17.7 Å². The number of nitrogens with one attached hydrogen (secondary N) is 3. The van der Waals surface area contributed by atoms with Gasteiger partial charge in [0, 0.05) is 54.8 Å². The van der Waals surface area contributed by atoms with E-state index in [4.69, 9.17) is 26.1 Å². The highest BCUT2D eigenvalue weighted by Gasteiger charge is 2.41. The molecule has 4 aliphatic heterocycles. The number of hydrogen-bond donors (Lipinski definition) is 4. The Morgan fingerprint density at radius 1 is 1.02 bits per heavy atom. The van der Waals surface area contributed by atoms with E-state index in [1.165, 1.54) is 31.2 Å². The molecule has 19 heteroatoms. The Morgan fingerprint density at radius 2 is 1.75 bits per heavy atom. The van der Waals surface area contributed by atoms with Crippen molar-refractivity contribution >= 4 is 63.6 Å². The number of piperidine rings is 3. The van der Waals surface area contributed by atoms with Crippen molar-refractivity contribution in [1.29, 1.82) is 0 Å². The summed E-state index contributed by atoms with van der Waals surface area (Å²) >= 11 is 6.47. The van der Waals surface area contributed by atoms with Gasteiger partial charge >= 0.3 is 0 Å². The number of imide groups is 1. The van der Waals surface area contributed by atoms with E-state index in [1.54, 1.807) is 29.0 Å².